The first-order chi connectivity index (χ1) is 11.1. The van der Waals surface area contributed by atoms with Crippen LogP contribution in [-0.4, -0.2) is 19.7 Å². The quantitative estimate of drug-likeness (QED) is 0.637. The Bertz CT molecular complexity index is 884. The molecule has 2 aromatic heterocycles. The molecule has 3 heterocycles. The Morgan fingerprint density at radius 2 is 2.04 bits per heavy atom. The fraction of sp³-hybridized carbons (Fsp3) is 0.278. The van der Waals surface area contributed by atoms with E-state index in [-0.39, 0.29) is 0 Å². The number of fused-ring (bicyclic) bond motifs is 3. The predicted molar refractivity (Wildman–Crippen MR) is 93.8 cm³/mol. The van der Waals surface area contributed by atoms with Crippen LogP contribution in [0.15, 0.2) is 40.9 Å². The molecular weight excluding hydrogens is 352 g/mol. The highest BCUT2D eigenvalue weighted by Gasteiger charge is 2.25. The van der Waals surface area contributed by atoms with E-state index in [9.17, 15) is 0 Å². The van der Waals surface area contributed by atoms with E-state index in [2.05, 4.69) is 60.8 Å². The van der Waals surface area contributed by atoms with Crippen molar-refractivity contribution in [1.29, 1.82) is 0 Å². The summed E-state index contributed by atoms with van der Waals surface area (Å²) in [5.74, 6) is 2.21. The van der Waals surface area contributed by atoms with Gasteiger partial charge in [0.1, 0.15) is 11.5 Å². The normalized spacial score (nSPS) is 16.6. The van der Waals surface area contributed by atoms with E-state index in [1.807, 2.05) is 25.1 Å². The first kappa shape index (κ1) is 14.6. The van der Waals surface area contributed by atoms with Gasteiger partial charge < -0.3 is 0 Å². The average molecular weight is 369 g/mol. The molecule has 1 unspecified atom stereocenters. The van der Waals surface area contributed by atoms with Crippen LogP contribution in [0.5, 0.6) is 0 Å². The topological polar surface area (TPSA) is 43.6 Å². The SMILES string of the molecule is Cc1cccc(-c2nnc3n2-c2ccc(Br)cc2CCC3C)n1. The molecule has 0 aliphatic carbocycles. The van der Waals surface area contributed by atoms with Crippen molar-refractivity contribution in [3.63, 3.8) is 0 Å². The number of nitrogens with zero attached hydrogens (tertiary/aromatic N) is 4. The minimum absolute atomic E-state index is 0.368. The van der Waals surface area contributed by atoms with Gasteiger partial charge in [0.2, 0.25) is 0 Å². The van der Waals surface area contributed by atoms with Crippen LogP contribution < -0.4 is 0 Å². The Balaban J connectivity index is 1.99. The zero-order valence-corrected chi connectivity index (χ0v) is 14.7. The molecule has 0 fully saturated rings. The lowest BCUT2D eigenvalue weighted by Crippen LogP contribution is -2.05. The molecule has 4 rings (SSSR count). The van der Waals surface area contributed by atoms with Gasteiger partial charge in [-0.25, -0.2) is 4.98 Å². The molecule has 5 heteroatoms. The molecule has 116 valence electrons. The molecule has 1 aliphatic heterocycles. The molecule has 4 nitrogen and oxygen atoms in total. The third-order valence-corrected chi connectivity index (χ3v) is 4.87. The number of pyridine rings is 1. The van der Waals surface area contributed by atoms with Crippen LogP contribution in [0.2, 0.25) is 0 Å². The summed E-state index contributed by atoms with van der Waals surface area (Å²) >= 11 is 3.58. The minimum Gasteiger partial charge on any atom is -0.277 e. The molecule has 0 saturated carbocycles. The Morgan fingerprint density at radius 1 is 1.17 bits per heavy atom. The standard InChI is InChI=1S/C18H17BrN4/c1-11-6-7-13-10-14(19)8-9-16(13)23-17(11)21-22-18(23)15-5-3-4-12(2)20-15/h3-5,8-11H,6-7H2,1-2H3. The number of aryl methyl sites for hydroxylation is 2. The monoisotopic (exact) mass is 368 g/mol. The van der Waals surface area contributed by atoms with Crippen molar-refractivity contribution < 1.29 is 0 Å². The van der Waals surface area contributed by atoms with Crippen LogP contribution in [0, 0.1) is 6.92 Å². The highest BCUT2D eigenvalue weighted by atomic mass is 79.9. The first-order valence-electron chi connectivity index (χ1n) is 7.81. The summed E-state index contributed by atoms with van der Waals surface area (Å²) in [4.78, 5) is 4.64. The van der Waals surface area contributed by atoms with Crippen LogP contribution in [0.1, 0.15) is 36.3 Å². The fourth-order valence-electron chi connectivity index (χ4n) is 3.16. The fourth-order valence-corrected chi connectivity index (χ4v) is 3.57. The maximum Gasteiger partial charge on any atom is 0.187 e. The van der Waals surface area contributed by atoms with E-state index in [4.69, 9.17) is 0 Å². The van der Waals surface area contributed by atoms with Crippen LogP contribution >= 0.6 is 15.9 Å². The highest BCUT2D eigenvalue weighted by molar-refractivity contribution is 9.10. The molecule has 1 aromatic carbocycles. The summed E-state index contributed by atoms with van der Waals surface area (Å²) in [6.45, 7) is 4.21. The Morgan fingerprint density at radius 3 is 2.87 bits per heavy atom. The Labute approximate surface area is 143 Å². The minimum atomic E-state index is 0.368. The summed E-state index contributed by atoms with van der Waals surface area (Å²) in [6.07, 6.45) is 2.11. The molecule has 0 N–H and O–H groups in total. The second-order valence-electron chi connectivity index (χ2n) is 6.09. The average Bonchev–Trinajstić information content (AvgIpc) is 2.92. The zero-order chi connectivity index (χ0) is 16.0. The molecule has 23 heavy (non-hydrogen) atoms. The third-order valence-electron chi connectivity index (χ3n) is 4.38. The van der Waals surface area contributed by atoms with E-state index in [0.717, 1.165) is 46.0 Å². The zero-order valence-electron chi connectivity index (χ0n) is 13.1. The molecule has 0 radical (unpaired) electrons. The number of hydrogen-bond donors (Lipinski definition) is 0. The van der Waals surface area contributed by atoms with Crippen LogP contribution in [-0.2, 0) is 6.42 Å². The maximum absolute atomic E-state index is 4.64. The molecular formula is C18H17BrN4. The summed E-state index contributed by atoms with van der Waals surface area (Å²) in [5.41, 5.74) is 4.33. The van der Waals surface area contributed by atoms with Crippen molar-refractivity contribution in [3.05, 3.63) is 58.0 Å². The van der Waals surface area contributed by atoms with Crippen LogP contribution in [0.25, 0.3) is 17.2 Å². The Hall–Kier alpha value is -2.01. The lowest BCUT2D eigenvalue weighted by atomic mass is 10.0. The van der Waals surface area contributed by atoms with Crippen molar-refractivity contribution in [2.75, 3.05) is 0 Å². The van der Waals surface area contributed by atoms with E-state index in [1.54, 1.807) is 0 Å². The van der Waals surface area contributed by atoms with Gasteiger partial charge in [0.05, 0.1) is 5.69 Å². The number of hydrogen-bond acceptors (Lipinski definition) is 3. The second kappa shape index (κ2) is 5.57. The molecule has 0 bridgehead atoms. The van der Waals surface area contributed by atoms with Gasteiger partial charge in [-0.3, -0.25) is 4.57 Å². The lowest BCUT2D eigenvalue weighted by Gasteiger charge is -2.12. The largest absolute Gasteiger partial charge is 0.277 e. The van der Waals surface area contributed by atoms with Crippen molar-refractivity contribution in [2.24, 2.45) is 0 Å². The van der Waals surface area contributed by atoms with Crippen LogP contribution in [0.3, 0.4) is 0 Å². The van der Waals surface area contributed by atoms with E-state index < -0.39 is 0 Å². The molecule has 0 saturated heterocycles. The summed E-state index contributed by atoms with van der Waals surface area (Å²) in [6, 6.07) is 12.4. The van der Waals surface area contributed by atoms with Gasteiger partial charge in [0.25, 0.3) is 0 Å². The van der Waals surface area contributed by atoms with Gasteiger partial charge in [-0.1, -0.05) is 28.9 Å². The molecule has 1 aliphatic rings. The van der Waals surface area contributed by atoms with Gasteiger partial charge in [-0.05, 0) is 55.7 Å². The molecule has 1 atom stereocenters. The number of benzene rings is 1. The predicted octanol–water partition coefficient (Wildman–Crippen LogP) is 4.45. The second-order valence-corrected chi connectivity index (χ2v) is 7.01. The van der Waals surface area contributed by atoms with E-state index in [0.29, 0.717) is 5.92 Å². The van der Waals surface area contributed by atoms with Gasteiger partial charge in [0.15, 0.2) is 5.82 Å². The van der Waals surface area contributed by atoms with Crippen LogP contribution in [0.4, 0.5) is 0 Å². The Kier molecular flexibility index (Phi) is 3.53. The first-order valence-corrected chi connectivity index (χ1v) is 8.61. The van der Waals surface area contributed by atoms with Crippen molar-refractivity contribution >= 4 is 15.9 Å². The lowest BCUT2D eigenvalue weighted by molar-refractivity contribution is 0.644. The summed E-state index contributed by atoms with van der Waals surface area (Å²) in [5, 5.41) is 8.95. The van der Waals surface area contributed by atoms with Crippen molar-refractivity contribution in [2.45, 2.75) is 32.6 Å². The molecule has 0 spiro atoms. The summed E-state index contributed by atoms with van der Waals surface area (Å²) in [7, 11) is 0. The van der Waals surface area contributed by atoms with E-state index in [1.165, 1.54) is 5.56 Å². The van der Waals surface area contributed by atoms with Crippen molar-refractivity contribution in [1.82, 2.24) is 19.7 Å². The number of halogens is 1. The van der Waals surface area contributed by atoms with E-state index >= 15 is 0 Å². The van der Waals surface area contributed by atoms with Crippen molar-refractivity contribution in [3.8, 4) is 17.2 Å². The van der Waals surface area contributed by atoms with Gasteiger partial charge in [-0.15, -0.1) is 10.2 Å². The van der Waals surface area contributed by atoms with Gasteiger partial charge >= 0.3 is 0 Å². The van der Waals surface area contributed by atoms with Gasteiger partial charge in [-0.2, -0.15) is 0 Å². The third kappa shape index (κ3) is 2.49. The molecule has 3 aromatic rings. The smallest absolute Gasteiger partial charge is 0.187 e. The number of rotatable bonds is 1. The maximum atomic E-state index is 4.64. The highest BCUT2D eigenvalue weighted by Crippen LogP contribution is 2.34. The number of aromatic nitrogens is 4. The van der Waals surface area contributed by atoms with Gasteiger partial charge in [0, 0.05) is 16.1 Å². The summed E-state index contributed by atoms with van der Waals surface area (Å²) < 4.78 is 3.29. The molecule has 0 amide bonds.